The number of ketones is 1. The maximum Gasteiger partial charge on any atom is 0.255 e. The molecule has 0 saturated carbocycles. The molecule has 4 aliphatic heterocycles. The number of aromatic nitrogens is 1. The molecule has 0 bridgehead atoms. The SMILES string of the molecule is CCc1cc2c(cc1N1CCC(N3CCN(Cc4ccc5c(c4)CN(C4CCC(=O)NC4=O)C5=O)CC3)CC1)C(C)(C)c1[nH]c3cc(C#N)ccc3c1C2=O. The Bertz CT molecular complexity index is 2320. The molecule has 1 unspecified atom stereocenters. The van der Waals surface area contributed by atoms with Gasteiger partial charge in [0.25, 0.3) is 5.91 Å². The van der Waals surface area contributed by atoms with E-state index in [4.69, 9.17) is 0 Å². The van der Waals surface area contributed by atoms with E-state index in [1.165, 1.54) is 16.8 Å². The van der Waals surface area contributed by atoms with Crippen LogP contribution in [-0.2, 0) is 34.5 Å². The number of anilines is 1. The van der Waals surface area contributed by atoms with Crippen LogP contribution >= 0.6 is 0 Å². The van der Waals surface area contributed by atoms with Crippen molar-refractivity contribution < 1.29 is 19.2 Å². The zero-order valence-corrected chi connectivity index (χ0v) is 31.8. The highest BCUT2D eigenvalue weighted by atomic mass is 16.2. The topological polar surface area (TPSA) is 133 Å². The third kappa shape index (κ3) is 5.94. The Hall–Kier alpha value is -5.31. The molecule has 282 valence electrons. The van der Waals surface area contributed by atoms with Crippen LogP contribution in [0, 0.1) is 11.3 Å². The number of hydrogen-bond donors (Lipinski definition) is 2. The lowest BCUT2D eigenvalue weighted by Crippen LogP contribution is -2.53. The fourth-order valence-corrected chi connectivity index (χ4v) is 9.90. The van der Waals surface area contributed by atoms with Crippen LogP contribution in [0.4, 0.5) is 5.69 Å². The maximum absolute atomic E-state index is 14.1. The number of carbonyl (C=O) groups excluding carboxylic acids is 4. The summed E-state index contributed by atoms with van der Waals surface area (Å²) >= 11 is 0. The van der Waals surface area contributed by atoms with Gasteiger partial charge in [-0.3, -0.25) is 34.3 Å². The van der Waals surface area contributed by atoms with Gasteiger partial charge < -0.3 is 14.8 Å². The van der Waals surface area contributed by atoms with Crippen LogP contribution < -0.4 is 10.2 Å². The fraction of sp³-hybridized carbons (Fsp3) is 0.432. The molecule has 5 heterocycles. The summed E-state index contributed by atoms with van der Waals surface area (Å²) in [6.07, 6.45) is 3.67. The summed E-state index contributed by atoms with van der Waals surface area (Å²) in [5.41, 5.74) is 9.75. The average molecular weight is 738 g/mol. The summed E-state index contributed by atoms with van der Waals surface area (Å²) in [6.45, 7) is 13.8. The Kier molecular flexibility index (Phi) is 8.66. The highest BCUT2D eigenvalue weighted by Gasteiger charge is 2.42. The molecule has 2 N–H and O–H groups in total. The second-order valence-electron chi connectivity index (χ2n) is 16.5. The second-order valence-corrected chi connectivity index (χ2v) is 16.5. The van der Waals surface area contributed by atoms with Crippen molar-refractivity contribution in [3.05, 3.63) is 98.7 Å². The molecular formula is C44H47N7O4. The summed E-state index contributed by atoms with van der Waals surface area (Å²) in [6, 6.07) is 18.2. The quantitative estimate of drug-likeness (QED) is 0.264. The summed E-state index contributed by atoms with van der Waals surface area (Å²) in [5, 5.41) is 12.7. The number of nitriles is 1. The van der Waals surface area contributed by atoms with Gasteiger partial charge in [-0.2, -0.15) is 5.26 Å². The number of nitrogens with zero attached hydrogens (tertiary/aromatic N) is 5. The lowest BCUT2D eigenvalue weighted by Gasteiger charge is -2.44. The Morgan fingerprint density at radius 2 is 1.67 bits per heavy atom. The Labute approximate surface area is 321 Å². The molecule has 1 atom stereocenters. The average Bonchev–Trinajstić information content (AvgIpc) is 3.74. The minimum Gasteiger partial charge on any atom is -0.371 e. The Morgan fingerprint density at radius 1 is 0.891 bits per heavy atom. The van der Waals surface area contributed by atoms with E-state index < -0.39 is 11.5 Å². The Balaban J connectivity index is 0.831. The molecule has 3 saturated heterocycles. The molecule has 11 heteroatoms. The number of aromatic amines is 1. The molecule has 0 radical (unpaired) electrons. The van der Waals surface area contributed by atoms with Crippen molar-refractivity contribution in [2.75, 3.05) is 44.2 Å². The van der Waals surface area contributed by atoms with Gasteiger partial charge in [-0.25, -0.2) is 0 Å². The third-order valence-corrected chi connectivity index (χ3v) is 13.0. The van der Waals surface area contributed by atoms with Crippen LogP contribution in [-0.4, -0.2) is 94.5 Å². The molecule has 3 fully saturated rings. The van der Waals surface area contributed by atoms with Gasteiger partial charge in [0.05, 0.1) is 17.2 Å². The summed E-state index contributed by atoms with van der Waals surface area (Å²) < 4.78 is 0. The van der Waals surface area contributed by atoms with Crippen molar-refractivity contribution >= 4 is 40.1 Å². The van der Waals surface area contributed by atoms with E-state index in [0.717, 1.165) is 104 Å². The second kappa shape index (κ2) is 13.5. The number of H-pyrrole nitrogens is 1. The monoisotopic (exact) mass is 737 g/mol. The van der Waals surface area contributed by atoms with Crippen LogP contribution in [0.25, 0.3) is 10.9 Å². The van der Waals surface area contributed by atoms with Gasteiger partial charge in [-0.05, 0) is 78.3 Å². The number of amides is 3. The standard InChI is InChI=1S/C44H47N7O4/c1-4-28-21-33-34(44(2,3)41-39(40(33)53)32-8-5-26(23-45)20-35(32)46-41)22-37(28)50-13-11-30(12-14-50)49-17-15-48(16-18-49)24-27-6-7-31-29(19-27)25-51(43(31)55)36-9-10-38(52)47-42(36)54/h5-8,19-22,30,36,46H,4,9-18,24-25H2,1-3H3,(H,47,52,54). The van der Waals surface area contributed by atoms with Gasteiger partial charge in [0, 0.05) is 104 Å². The zero-order valence-electron chi connectivity index (χ0n) is 31.8. The van der Waals surface area contributed by atoms with Crippen LogP contribution in [0.2, 0.25) is 0 Å². The van der Waals surface area contributed by atoms with Crippen LogP contribution in [0.1, 0.15) is 106 Å². The van der Waals surface area contributed by atoms with E-state index in [0.29, 0.717) is 30.1 Å². The zero-order chi connectivity index (χ0) is 38.2. The van der Waals surface area contributed by atoms with E-state index in [-0.39, 0.29) is 29.9 Å². The largest absolute Gasteiger partial charge is 0.371 e. The van der Waals surface area contributed by atoms with Gasteiger partial charge >= 0.3 is 0 Å². The predicted molar refractivity (Wildman–Crippen MR) is 209 cm³/mol. The summed E-state index contributed by atoms with van der Waals surface area (Å²) in [7, 11) is 0. The molecule has 3 aromatic carbocycles. The number of hydrogen-bond acceptors (Lipinski definition) is 8. The van der Waals surface area contributed by atoms with Crippen molar-refractivity contribution in [3.8, 4) is 6.07 Å². The number of fused-ring (bicyclic) bond motifs is 5. The number of carbonyl (C=O) groups is 4. The van der Waals surface area contributed by atoms with Crippen molar-refractivity contribution in [2.24, 2.45) is 0 Å². The van der Waals surface area contributed by atoms with Crippen molar-refractivity contribution in [2.45, 2.75) is 83.5 Å². The number of nitrogens with one attached hydrogen (secondary N) is 2. The van der Waals surface area contributed by atoms with Gasteiger partial charge in [-0.1, -0.05) is 39.0 Å². The van der Waals surface area contributed by atoms with Crippen molar-refractivity contribution in [3.63, 3.8) is 0 Å². The van der Waals surface area contributed by atoms with E-state index in [2.05, 4.69) is 70.0 Å². The predicted octanol–water partition coefficient (Wildman–Crippen LogP) is 5.02. The normalized spacial score (nSPS) is 21.7. The first-order chi connectivity index (χ1) is 26.5. The molecular weight excluding hydrogens is 691 g/mol. The first-order valence-electron chi connectivity index (χ1n) is 19.8. The van der Waals surface area contributed by atoms with Crippen molar-refractivity contribution in [1.29, 1.82) is 5.26 Å². The lowest BCUT2D eigenvalue weighted by atomic mass is 9.70. The number of rotatable bonds is 6. The molecule has 0 spiro atoms. The number of piperazine rings is 1. The smallest absolute Gasteiger partial charge is 0.255 e. The maximum atomic E-state index is 14.1. The Morgan fingerprint density at radius 3 is 2.40 bits per heavy atom. The van der Waals surface area contributed by atoms with E-state index in [9.17, 15) is 24.4 Å². The molecule has 1 aromatic heterocycles. The molecule has 9 rings (SSSR count). The number of piperidine rings is 2. The van der Waals surface area contributed by atoms with Gasteiger partial charge in [0.1, 0.15) is 6.04 Å². The molecule has 11 nitrogen and oxygen atoms in total. The first-order valence-corrected chi connectivity index (χ1v) is 19.8. The molecule has 3 amide bonds. The number of imide groups is 1. The van der Waals surface area contributed by atoms with E-state index in [1.54, 1.807) is 11.0 Å². The fourth-order valence-electron chi connectivity index (χ4n) is 9.90. The number of aryl methyl sites for hydroxylation is 1. The van der Waals surface area contributed by atoms with E-state index >= 15 is 0 Å². The highest BCUT2D eigenvalue weighted by molar-refractivity contribution is 6.20. The molecule has 5 aliphatic rings. The summed E-state index contributed by atoms with van der Waals surface area (Å²) in [5.74, 6) is -0.729. The molecule has 55 heavy (non-hydrogen) atoms. The van der Waals surface area contributed by atoms with Gasteiger partial charge in [0.15, 0.2) is 5.78 Å². The minimum atomic E-state index is -0.596. The van der Waals surface area contributed by atoms with Crippen LogP contribution in [0.15, 0.2) is 48.5 Å². The van der Waals surface area contributed by atoms with Gasteiger partial charge in [0.2, 0.25) is 11.8 Å². The van der Waals surface area contributed by atoms with Crippen LogP contribution in [0.3, 0.4) is 0 Å². The van der Waals surface area contributed by atoms with Gasteiger partial charge in [-0.15, -0.1) is 0 Å². The van der Waals surface area contributed by atoms with E-state index in [1.807, 2.05) is 24.3 Å². The number of benzene rings is 3. The van der Waals surface area contributed by atoms with Crippen LogP contribution in [0.5, 0.6) is 0 Å². The van der Waals surface area contributed by atoms with Crippen molar-refractivity contribution in [1.82, 2.24) is 25.0 Å². The first kappa shape index (κ1) is 35.4. The molecule has 1 aliphatic carbocycles. The minimum absolute atomic E-state index is 0.0575. The third-order valence-electron chi connectivity index (χ3n) is 13.0. The summed E-state index contributed by atoms with van der Waals surface area (Å²) in [4.78, 5) is 64.2. The highest BCUT2D eigenvalue weighted by Crippen LogP contribution is 2.46. The lowest BCUT2D eigenvalue weighted by molar-refractivity contribution is -0.136. The molecule has 4 aromatic rings.